The van der Waals surface area contributed by atoms with Crippen LogP contribution >= 0.6 is 11.5 Å². The molecule has 1 aliphatic rings. The van der Waals surface area contributed by atoms with Gasteiger partial charge in [-0.3, -0.25) is 0 Å². The highest BCUT2D eigenvalue weighted by Gasteiger charge is 2.24. The summed E-state index contributed by atoms with van der Waals surface area (Å²) in [6, 6.07) is 0.487. The fourth-order valence-corrected chi connectivity index (χ4v) is 2.86. The van der Waals surface area contributed by atoms with Crippen molar-refractivity contribution in [2.45, 2.75) is 39.2 Å². The molecule has 1 aliphatic heterocycles. The topological polar surface area (TPSA) is 38.2 Å². The minimum absolute atomic E-state index is 0.487. The van der Waals surface area contributed by atoms with E-state index >= 15 is 0 Å². The summed E-state index contributed by atoms with van der Waals surface area (Å²) in [7, 11) is 0. The van der Waals surface area contributed by atoms with Crippen molar-refractivity contribution in [3.63, 3.8) is 0 Å². The lowest BCUT2D eigenvalue weighted by atomic mass is 10.0. The number of aryl methyl sites for hydroxylation is 1. The Bertz CT molecular complexity index is 329. The Balaban J connectivity index is 2.04. The molecule has 0 aliphatic carbocycles. The van der Waals surface area contributed by atoms with Crippen molar-refractivity contribution in [3.8, 4) is 0 Å². The largest absolute Gasteiger partial charge is 0.380 e. The second-order valence-electron chi connectivity index (χ2n) is 4.13. The zero-order valence-corrected chi connectivity index (χ0v) is 10.8. The molecule has 90 valence electrons. The number of nitrogens with zero attached hydrogens (tertiary/aromatic N) is 3. The second kappa shape index (κ2) is 5.59. The van der Waals surface area contributed by atoms with E-state index in [2.05, 4.69) is 14.3 Å². The maximum Gasteiger partial charge on any atom is 0.205 e. The SMILES string of the molecule is CCOC[C@H]1CCCCN1c1nc(C)ns1. The van der Waals surface area contributed by atoms with Crippen molar-refractivity contribution >= 4 is 16.7 Å². The van der Waals surface area contributed by atoms with Crippen LogP contribution in [0.1, 0.15) is 32.0 Å². The van der Waals surface area contributed by atoms with Gasteiger partial charge >= 0.3 is 0 Å². The van der Waals surface area contributed by atoms with Crippen LogP contribution < -0.4 is 4.90 Å². The Morgan fingerprint density at radius 2 is 2.38 bits per heavy atom. The first-order valence-electron chi connectivity index (χ1n) is 5.96. The maximum absolute atomic E-state index is 5.55. The molecule has 1 aromatic rings. The van der Waals surface area contributed by atoms with Crippen LogP contribution in [0.3, 0.4) is 0 Å². The number of rotatable bonds is 4. The highest BCUT2D eigenvalue weighted by atomic mass is 32.1. The summed E-state index contributed by atoms with van der Waals surface area (Å²) in [4.78, 5) is 6.84. The van der Waals surface area contributed by atoms with E-state index in [1.54, 1.807) is 0 Å². The molecule has 0 unspecified atom stereocenters. The van der Waals surface area contributed by atoms with Gasteiger partial charge in [-0.15, -0.1) is 0 Å². The third kappa shape index (κ3) is 2.71. The zero-order valence-electron chi connectivity index (χ0n) is 9.98. The molecule has 16 heavy (non-hydrogen) atoms. The number of piperidine rings is 1. The Morgan fingerprint density at radius 1 is 1.50 bits per heavy atom. The Kier molecular flexibility index (Phi) is 4.12. The molecule has 4 nitrogen and oxygen atoms in total. The van der Waals surface area contributed by atoms with Gasteiger partial charge in [-0.1, -0.05) is 0 Å². The van der Waals surface area contributed by atoms with Crippen LogP contribution in [0.4, 0.5) is 5.13 Å². The van der Waals surface area contributed by atoms with Crippen LogP contribution in [0.5, 0.6) is 0 Å². The predicted molar refractivity (Wildman–Crippen MR) is 66.1 cm³/mol. The van der Waals surface area contributed by atoms with Gasteiger partial charge < -0.3 is 9.64 Å². The fourth-order valence-electron chi connectivity index (χ4n) is 2.08. The highest BCUT2D eigenvalue weighted by molar-refractivity contribution is 7.09. The molecule has 1 atom stereocenters. The van der Waals surface area contributed by atoms with E-state index in [0.717, 1.165) is 30.7 Å². The Hall–Kier alpha value is -0.680. The van der Waals surface area contributed by atoms with Gasteiger partial charge in [-0.2, -0.15) is 4.37 Å². The van der Waals surface area contributed by atoms with Crippen LogP contribution in [0, 0.1) is 6.92 Å². The molecule has 1 aromatic heterocycles. The van der Waals surface area contributed by atoms with Crippen LogP contribution in [-0.2, 0) is 4.74 Å². The number of aromatic nitrogens is 2. The van der Waals surface area contributed by atoms with Gasteiger partial charge in [0.05, 0.1) is 12.6 Å². The van der Waals surface area contributed by atoms with Gasteiger partial charge in [-0.25, -0.2) is 4.98 Å². The van der Waals surface area contributed by atoms with Gasteiger partial charge in [0, 0.05) is 24.7 Å². The molecular formula is C11H19N3OS. The van der Waals surface area contributed by atoms with Gasteiger partial charge in [0.25, 0.3) is 0 Å². The van der Waals surface area contributed by atoms with Crippen LogP contribution in [-0.4, -0.2) is 35.2 Å². The third-order valence-electron chi connectivity index (χ3n) is 2.90. The standard InChI is InChI=1S/C11H19N3OS/c1-3-15-8-10-6-4-5-7-14(10)11-12-9(2)13-16-11/h10H,3-8H2,1-2H3/t10-/m1/s1. The second-order valence-corrected chi connectivity index (χ2v) is 4.86. The summed E-state index contributed by atoms with van der Waals surface area (Å²) in [5, 5.41) is 1.06. The third-order valence-corrected chi connectivity index (χ3v) is 3.75. The summed E-state index contributed by atoms with van der Waals surface area (Å²) in [6.45, 7) is 6.69. The van der Waals surface area contributed by atoms with E-state index in [1.165, 1.54) is 30.8 Å². The minimum Gasteiger partial charge on any atom is -0.380 e. The lowest BCUT2D eigenvalue weighted by Gasteiger charge is -2.34. The Morgan fingerprint density at radius 3 is 3.06 bits per heavy atom. The average Bonchev–Trinajstić information content (AvgIpc) is 2.73. The monoisotopic (exact) mass is 241 g/mol. The van der Waals surface area contributed by atoms with E-state index in [-0.39, 0.29) is 0 Å². The molecule has 1 saturated heterocycles. The zero-order chi connectivity index (χ0) is 11.4. The molecule has 0 amide bonds. The first-order valence-corrected chi connectivity index (χ1v) is 6.73. The molecule has 0 saturated carbocycles. The molecule has 1 fully saturated rings. The smallest absolute Gasteiger partial charge is 0.205 e. The van der Waals surface area contributed by atoms with E-state index in [1.807, 2.05) is 13.8 Å². The van der Waals surface area contributed by atoms with Crippen molar-refractivity contribution in [2.75, 3.05) is 24.7 Å². The van der Waals surface area contributed by atoms with Crippen molar-refractivity contribution < 1.29 is 4.74 Å². The normalized spacial score (nSPS) is 21.4. The van der Waals surface area contributed by atoms with Gasteiger partial charge in [0.15, 0.2) is 0 Å². The molecule has 5 heteroatoms. The summed E-state index contributed by atoms with van der Waals surface area (Å²) < 4.78 is 9.80. The van der Waals surface area contributed by atoms with Crippen LogP contribution in [0.15, 0.2) is 0 Å². The number of hydrogen-bond acceptors (Lipinski definition) is 5. The fraction of sp³-hybridized carbons (Fsp3) is 0.818. The minimum atomic E-state index is 0.487. The molecule has 2 rings (SSSR count). The van der Waals surface area contributed by atoms with Gasteiger partial charge in [0.2, 0.25) is 5.13 Å². The van der Waals surface area contributed by atoms with E-state index in [9.17, 15) is 0 Å². The van der Waals surface area contributed by atoms with Crippen molar-refractivity contribution in [2.24, 2.45) is 0 Å². The lowest BCUT2D eigenvalue weighted by Crippen LogP contribution is -2.42. The Labute approximate surface area is 101 Å². The summed E-state index contributed by atoms with van der Waals surface area (Å²) in [5.74, 6) is 0.876. The predicted octanol–water partition coefficient (Wildman–Crippen LogP) is 2.24. The summed E-state index contributed by atoms with van der Waals surface area (Å²) in [5.41, 5.74) is 0. The lowest BCUT2D eigenvalue weighted by molar-refractivity contribution is 0.123. The number of ether oxygens (including phenoxy) is 1. The van der Waals surface area contributed by atoms with Crippen LogP contribution in [0.25, 0.3) is 0 Å². The molecule has 0 bridgehead atoms. The van der Waals surface area contributed by atoms with Crippen LogP contribution in [0.2, 0.25) is 0 Å². The molecule has 0 radical (unpaired) electrons. The summed E-state index contributed by atoms with van der Waals surface area (Å²) >= 11 is 1.50. The van der Waals surface area contributed by atoms with Crippen molar-refractivity contribution in [1.29, 1.82) is 0 Å². The maximum atomic E-state index is 5.55. The van der Waals surface area contributed by atoms with Crippen molar-refractivity contribution in [3.05, 3.63) is 5.82 Å². The molecule has 2 heterocycles. The highest BCUT2D eigenvalue weighted by Crippen LogP contribution is 2.26. The summed E-state index contributed by atoms with van der Waals surface area (Å²) in [6.07, 6.45) is 3.76. The van der Waals surface area contributed by atoms with E-state index < -0.39 is 0 Å². The van der Waals surface area contributed by atoms with E-state index in [0.29, 0.717) is 6.04 Å². The molecule has 0 N–H and O–H groups in total. The molecular weight excluding hydrogens is 222 g/mol. The quantitative estimate of drug-likeness (QED) is 0.810. The number of hydrogen-bond donors (Lipinski definition) is 0. The van der Waals surface area contributed by atoms with Gasteiger partial charge in [0.1, 0.15) is 5.82 Å². The van der Waals surface area contributed by atoms with Gasteiger partial charge in [-0.05, 0) is 33.1 Å². The first kappa shape index (κ1) is 11.8. The van der Waals surface area contributed by atoms with E-state index in [4.69, 9.17) is 4.74 Å². The van der Waals surface area contributed by atoms with Crippen molar-refractivity contribution in [1.82, 2.24) is 9.36 Å². The first-order chi connectivity index (χ1) is 7.81. The average molecular weight is 241 g/mol. The molecule has 0 spiro atoms. The molecule has 0 aromatic carbocycles. The number of anilines is 1.